The number of alkyl halides is 3. The lowest BCUT2D eigenvalue weighted by atomic mass is 9.93. The highest BCUT2D eigenvalue weighted by Gasteiger charge is 2.36. The van der Waals surface area contributed by atoms with Gasteiger partial charge in [-0.1, -0.05) is 61.9 Å². The van der Waals surface area contributed by atoms with Crippen LogP contribution >= 0.6 is 0 Å². The average molecular weight is 478 g/mol. The van der Waals surface area contributed by atoms with E-state index in [1.165, 1.54) is 12.1 Å². The van der Waals surface area contributed by atoms with Gasteiger partial charge < -0.3 is 4.74 Å². The maximum atomic E-state index is 15.2. The van der Waals surface area contributed by atoms with Gasteiger partial charge in [0, 0.05) is 10.9 Å². The normalized spacial score (nSPS) is 11.8. The molecule has 0 radical (unpaired) electrons. The summed E-state index contributed by atoms with van der Waals surface area (Å²) in [5.41, 5.74) is -0.0980. The number of aryl methyl sites for hydroxylation is 1. The van der Waals surface area contributed by atoms with E-state index >= 15 is 13.2 Å². The topological polar surface area (TPSA) is 9.23 Å². The predicted molar refractivity (Wildman–Crippen MR) is 115 cm³/mol. The molecular weight excluding hydrogens is 461 g/mol. The van der Waals surface area contributed by atoms with Crippen molar-refractivity contribution in [3.8, 4) is 28.0 Å². The van der Waals surface area contributed by atoms with Crippen LogP contribution in [0.5, 0.6) is 5.75 Å². The van der Waals surface area contributed by atoms with Crippen LogP contribution in [0.15, 0.2) is 60.7 Å². The molecule has 0 aliphatic carbocycles. The van der Waals surface area contributed by atoms with Gasteiger partial charge in [0.1, 0.15) is 11.6 Å². The summed E-state index contributed by atoms with van der Waals surface area (Å²) < 4.78 is 102. The van der Waals surface area contributed by atoms with Gasteiger partial charge in [-0.05, 0) is 40.6 Å². The van der Waals surface area contributed by atoms with Gasteiger partial charge in [0.05, 0.1) is 5.56 Å². The quantitative estimate of drug-likeness (QED) is 0.261. The number of hydrogen-bond acceptors (Lipinski definition) is 1. The molecule has 0 aliphatic heterocycles. The Labute approximate surface area is 190 Å². The van der Waals surface area contributed by atoms with Gasteiger partial charge in [-0.15, -0.1) is 13.2 Å². The van der Waals surface area contributed by atoms with Gasteiger partial charge >= 0.3 is 6.36 Å². The molecule has 0 atom stereocenters. The van der Waals surface area contributed by atoms with Crippen LogP contribution in [0.1, 0.15) is 18.9 Å². The first-order valence-corrected chi connectivity index (χ1v) is 10.3. The Morgan fingerprint density at radius 1 is 0.706 bits per heavy atom. The van der Waals surface area contributed by atoms with Crippen molar-refractivity contribution in [3.05, 3.63) is 89.5 Å². The minimum absolute atomic E-state index is 0.153. The summed E-state index contributed by atoms with van der Waals surface area (Å²) in [5.74, 6) is -7.71. The highest BCUT2D eigenvalue weighted by molar-refractivity contribution is 5.99. The summed E-state index contributed by atoms with van der Waals surface area (Å²) in [4.78, 5) is 0. The maximum Gasteiger partial charge on any atom is 0.573 e. The Morgan fingerprint density at radius 2 is 1.29 bits per heavy atom. The predicted octanol–water partition coefficient (Wildman–Crippen LogP) is 8.58. The minimum Gasteiger partial charge on any atom is -0.399 e. The Kier molecular flexibility index (Phi) is 6.25. The zero-order valence-electron chi connectivity index (χ0n) is 17.7. The van der Waals surface area contributed by atoms with Crippen LogP contribution in [0.3, 0.4) is 0 Å². The van der Waals surface area contributed by atoms with E-state index in [4.69, 9.17) is 0 Å². The summed E-state index contributed by atoms with van der Waals surface area (Å²) in [5, 5.41) is -0.783. The standard InChI is InChI=1S/C26H17F7O/c1-2-5-14-8-10-15(11-9-14)16-12-19(27)22(20(28)13-16)21-17-6-3-4-7-18(17)23(29)25(24(21)30)34-26(31,32)33/h3-4,6-13H,2,5H2,1H3. The van der Waals surface area contributed by atoms with Crippen LogP contribution in [0, 0.1) is 23.3 Å². The molecule has 0 fully saturated rings. The SMILES string of the molecule is CCCc1ccc(-c2cc(F)c(-c3c(F)c(OC(F)(F)F)c(F)c4ccccc34)c(F)c2)cc1. The van der Waals surface area contributed by atoms with Gasteiger partial charge in [0.25, 0.3) is 0 Å². The molecule has 0 N–H and O–H groups in total. The first kappa shape index (κ1) is 23.6. The molecule has 0 bridgehead atoms. The Hall–Kier alpha value is -3.55. The largest absolute Gasteiger partial charge is 0.573 e. The number of halogens is 7. The average Bonchev–Trinajstić information content (AvgIpc) is 2.78. The number of hydrogen-bond donors (Lipinski definition) is 0. The zero-order chi connectivity index (χ0) is 24.6. The van der Waals surface area contributed by atoms with E-state index < -0.39 is 51.9 Å². The number of rotatable bonds is 5. The van der Waals surface area contributed by atoms with E-state index in [9.17, 15) is 17.6 Å². The third-order valence-corrected chi connectivity index (χ3v) is 5.39. The lowest BCUT2D eigenvalue weighted by molar-refractivity contribution is -0.276. The Morgan fingerprint density at radius 3 is 1.85 bits per heavy atom. The molecule has 4 aromatic rings. The van der Waals surface area contributed by atoms with Crippen molar-refractivity contribution in [2.24, 2.45) is 0 Å². The minimum atomic E-state index is -5.42. The second-order valence-electron chi connectivity index (χ2n) is 7.69. The highest BCUT2D eigenvalue weighted by Crippen LogP contribution is 2.43. The zero-order valence-corrected chi connectivity index (χ0v) is 17.7. The molecular formula is C26H17F7O. The van der Waals surface area contributed by atoms with Crippen molar-refractivity contribution < 1.29 is 35.5 Å². The molecule has 0 saturated heterocycles. The fourth-order valence-electron chi connectivity index (χ4n) is 3.92. The molecule has 0 amide bonds. The van der Waals surface area contributed by atoms with E-state index in [1.54, 1.807) is 12.1 Å². The molecule has 0 unspecified atom stereocenters. The van der Waals surface area contributed by atoms with Crippen LogP contribution in [-0.4, -0.2) is 6.36 Å². The number of fused-ring (bicyclic) bond motifs is 1. The van der Waals surface area contributed by atoms with Gasteiger partial charge in [-0.25, -0.2) is 17.6 Å². The fourth-order valence-corrected chi connectivity index (χ4v) is 3.92. The monoisotopic (exact) mass is 478 g/mol. The van der Waals surface area contributed by atoms with E-state index in [0.29, 0.717) is 5.56 Å². The van der Waals surface area contributed by atoms with Gasteiger partial charge in [0.15, 0.2) is 11.6 Å². The number of benzene rings is 4. The van der Waals surface area contributed by atoms with Crippen molar-refractivity contribution in [3.63, 3.8) is 0 Å². The van der Waals surface area contributed by atoms with Crippen molar-refractivity contribution in [2.75, 3.05) is 0 Å². The van der Waals surface area contributed by atoms with E-state index in [1.807, 2.05) is 19.1 Å². The summed E-state index contributed by atoms with van der Waals surface area (Å²) >= 11 is 0. The molecule has 1 nitrogen and oxygen atoms in total. The summed E-state index contributed by atoms with van der Waals surface area (Å²) in [6.45, 7) is 2.01. The highest BCUT2D eigenvalue weighted by atomic mass is 19.4. The first-order chi connectivity index (χ1) is 16.1. The summed E-state index contributed by atoms with van der Waals surface area (Å²) in [6.07, 6.45) is -3.66. The van der Waals surface area contributed by atoms with Crippen LogP contribution in [0.2, 0.25) is 0 Å². The Balaban J connectivity index is 1.92. The molecule has 0 spiro atoms. The van der Waals surface area contributed by atoms with Gasteiger partial charge in [-0.3, -0.25) is 0 Å². The third kappa shape index (κ3) is 4.44. The third-order valence-electron chi connectivity index (χ3n) is 5.39. The second kappa shape index (κ2) is 9.00. The number of ether oxygens (including phenoxy) is 1. The lowest BCUT2D eigenvalue weighted by Gasteiger charge is -2.17. The summed E-state index contributed by atoms with van der Waals surface area (Å²) in [6, 6.07) is 13.8. The van der Waals surface area contributed by atoms with Crippen LogP contribution < -0.4 is 4.74 Å². The molecule has 176 valence electrons. The Bertz CT molecular complexity index is 1340. The first-order valence-electron chi connectivity index (χ1n) is 10.3. The molecule has 0 saturated carbocycles. The second-order valence-corrected chi connectivity index (χ2v) is 7.69. The van der Waals surface area contributed by atoms with Crippen molar-refractivity contribution in [1.29, 1.82) is 0 Å². The van der Waals surface area contributed by atoms with Gasteiger partial charge in [-0.2, -0.15) is 0 Å². The lowest BCUT2D eigenvalue weighted by Crippen LogP contribution is -2.19. The molecule has 0 heterocycles. The van der Waals surface area contributed by atoms with Crippen LogP contribution in [0.25, 0.3) is 33.0 Å². The molecule has 4 aromatic carbocycles. The molecule has 4 rings (SSSR count). The van der Waals surface area contributed by atoms with E-state index in [-0.39, 0.29) is 10.9 Å². The molecule has 0 aliphatic rings. The van der Waals surface area contributed by atoms with Crippen molar-refractivity contribution in [2.45, 2.75) is 26.1 Å². The molecule has 8 heteroatoms. The molecule has 0 aromatic heterocycles. The van der Waals surface area contributed by atoms with E-state index in [0.717, 1.165) is 42.7 Å². The summed E-state index contributed by atoms with van der Waals surface area (Å²) in [7, 11) is 0. The van der Waals surface area contributed by atoms with Crippen LogP contribution in [-0.2, 0) is 6.42 Å². The van der Waals surface area contributed by atoms with E-state index in [2.05, 4.69) is 4.74 Å². The van der Waals surface area contributed by atoms with Gasteiger partial charge in [0.2, 0.25) is 5.75 Å². The molecule has 34 heavy (non-hydrogen) atoms. The van der Waals surface area contributed by atoms with Crippen molar-refractivity contribution in [1.82, 2.24) is 0 Å². The van der Waals surface area contributed by atoms with Crippen LogP contribution in [0.4, 0.5) is 30.7 Å². The maximum absolute atomic E-state index is 15.2. The van der Waals surface area contributed by atoms with Crippen molar-refractivity contribution >= 4 is 10.8 Å². The fraction of sp³-hybridized carbons (Fsp3) is 0.154. The smallest absolute Gasteiger partial charge is 0.399 e.